The maximum absolute atomic E-state index is 13.6. The Balaban J connectivity index is 1.51. The summed E-state index contributed by atoms with van der Waals surface area (Å²) in [5, 5.41) is 17.1. The minimum atomic E-state index is -0.555. The predicted molar refractivity (Wildman–Crippen MR) is 93.3 cm³/mol. The molecule has 0 aliphatic carbocycles. The Kier molecular flexibility index (Phi) is 4.21. The molecule has 0 saturated heterocycles. The summed E-state index contributed by atoms with van der Waals surface area (Å²) in [6.45, 7) is 1.81. The molecule has 0 saturated carbocycles. The van der Waals surface area contributed by atoms with Gasteiger partial charge in [0.2, 0.25) is 0 Å². The predicted octanol–water partition coefficient (Wildman–Crippen LogP) is 2.55. The zero-order valence-electron chi connectivity index (χ0n) is 14.2. The third-order valence-electron chi connectivity index (χ3n) is 3.79. The molecule has 0 spiro atoms. The Morgan fingerprint density at radius 3 is 2.85 bits per heavy atom. The first-order valence-electron chi connectivity index (χ1n) is 8.04. The summed E-state index contributed by atoms with van der Waals surface area (Å²) in [5.41, 5.74) is 1.25. The summed E-state index contributed by atoms with van der Waals surface area (Å²) in [7, 11) is 0. The lowest BCUT2D eigenvalue weighted by molar-refractivity contribution is 0.251. The van der Waals surface area contributed by atoms with Gasteiger partial charge >= 0.3 is 6.03 Å². The lowest BCUT2D eigenvalue weighted by Gasteiger charge is -2.07. The Morgan fingerprint density at radius 1 is 1.22 bits per heavy atom. The Labute approximate surface area is 152 Å². The van der Waals surface area contributed by atoms with Crippen LogP contribution in [0.25, 0.3) is 17.1 Å². The second-order valence-electron chi connectivity index (χ2n) is 5.67. The molecule has 2 amide bonds. The van der Waals surface area contributed by atoms with Gasteiger partial charge in [-0.25, -0.2) is 9.18 Å². The number of fused-ring (bicyclic) bond motifs is 1. The van der Waals surface area contributed by atoms with Crippen LogP contribution < -0.4 is 10.6 Å². The van der Waals surface area contributed by atoms with Gasteiger partial charge in [-0.3, -0.25) is 4.40 Å². The minimum absolute atomic E-state index is 0.0910. The number of nitrogens with zero attached hydrogens (tertiary/aromatic N) is 5. The lowest BCUT2D eigenvalue weighted by Crippen LogP contribution is -2.29. The van der Waals surface area contributed by atoms with Gasteiger partial charge in [-0.15, -0.1) is 10.2 Å². The average Bonchev–Trinajstić information content (AvgIpc) is 3.28. The SMILES string of the molecule is Cc1noc(-c2cccn3c(CNC(=O)Nc4ccccc4F)nnc23)n1. The van der Waals surface area contributed by atoms with Crippen molar-refractivity contribution in [3.8, 4) is 11.5 Å². The van der Waals surface area contributed by atoms with Crippen molar-refractivity contribution in [1.82, 2.24) is 30.1 Å². The van der Waals surface area contributed by atoms with Crippen LogP contribution in [0, 0.1) is 12.7 Å². The molecule has 0 aliphatic heterocycles. The molecule has 0 fully saturated rings. The molecule has 2 N–H and O–H groups in total. The summed E-state index contributed by atoms with van der Waals surface area (Å²) >= 11 is 0. The highest BCUT2D eigenvalue weighted by molar-refractivity contribution is 5.89. The van der Waals surface area contributed by atoms with Gasteiger partial charge in [-0.05, 0) is 31.2 Å². The van der Waals surface area contributed by atoms with Crippen LogP contribution in [0.4, 0.5) is 14.9 Å². The van der Waals surface area contributed by atoms with Crippen molar-refractivity contribution < 1.29 is 13.7 Å². The van der Waals surface area contributed by atoms with E-state index in [1.54, 1.807) is 41.8 Å². The molecular formula is C17H14FN7O2. The van der Waals surface area contributed by atoms with Crippen molar-refractivity contribution in [3.63, 3.8) is 0 Å². The molecule has 4 rings (SSSR count). The number of halogens is 1. The molecule has 136 valence electrons. The molecule has 27 heavy (non-hydrogen) atoms. The van der Waals surface area contributed by atoms with E-state index in [1.807, 2.05) is 0 Å². The fraction of sp³-hybridized carbons (Fsp3) is 0.118. The summed E-state index contributed by atoms with van der Waals surface area (Å²) in [4.78, 5) is 16.2. The molecule has 3 heterocycles. The highest BCUT2D eigenvalue weighted by Crippen LogP contribution is 2.22. The van der Waals surface area contributed by atoms with Crippen molar-refractivity contribution in [3.05, 3.63) is 60.1 Å². The van der Waals surface area contributed by atoms with Gasteiger partial charge in [0.15, 0.2) is 17.3 Å². The smallest absolute Gasteiger partial charge is 0.319 e. The van der Waals surface area contributed by atoms with Crippen LogP contribution in [0.5, 0.6) is 0 Å². The minimum Gasteiger partial charge on any atom is -0.334 e. The first kappa shape index (κ1) is 16.6. The summed E-state index contributed by atoms with van der Waals surface area (Å²) in [6, 6.07) is 8.94. The number of anilines is 1. The third-order valence-corrected chi connectivity index (χ3v) is 3.79. The Bertz CT molecular complexity index is 1120. The van der Waals surface area contributed by atoms with E-state index in [1.165, 1.54) is 12.1 Å². The number of aryl methyl sites for hydroxylation is 1. The number of rotatable bonds is 4. The van der Waals surface area contributed by atoms with Gasteiger partial charge < -0.3 is 15.2 Å². The number of nitrogens with one attached hydrogen (secondary N) is 2. The van der Waals surface area contributed by atoms with E-state index in [0.29, 0.717) is 28.8 Å². The molecule has 0 radical (unpaired) electrons. The number of pyridine rings is 1. The molecule has 1 aromatic carbocycles. The number of urea groups is 1. The molecular weight excluding hydrogens is 353 g/mol. The van der Waals surface area contributed by atoms with E-state index in [9.17, 15) is 9.18 Å². The zero-order valence-corrected chi connectivity index (χ0v) is 14.2. The number of carbonyl (C=O) groups excluding carboxylic acids is 1. The van der Waals surface area contributed by atoms with Gasteiger partial charge in [-0.1, -0.05) is 17.3 Å². The van der Waals surface area contributed by atoms with Gasteiger partial charge in [0.25, 0.3) is 5.89 Å². The standard InChI is InChI=1S/C17H14FN7O2/c1-10-20-16(27-24-10)11-5-4-8-25-14(22-23-15(11)25)9-19-17(26)21-13-7-3-2-6-12(13)18/h2-8H,9H2,1H3,(H2,19,21,26). The van der Waals surface area contributed by atoms with Crippen molar-refractivity contribution in [1.29, 1.82) is 0 Å². The molecule has 9 nitrogen and oxygen atoms in total. The average molecular weight is 367 g/mol. The van der Waals surface area contributed by atoms with Crippen molar-refractivity contribution >= 4 is 17.4 Å². The highest BCUT2D eigenvalue weighted by Gasteiger charge is 2.15. The topological polar surface area (TPSA) is 110 Å². The van der Waals surface area contributed by atoms with Crippen molar-refractivity contribution in [2.75, 3.05) is 5.32 Å². The molecule has 10 heteroatoms. The fourth-order valence-electron chi connectivity index (χ4n) is 2.55. The van der Waals surface area contributed by atoms with E-state index >= 15 is 0 Å². The lowest BCUT2D eigenvalue weighted by atomic mass is 10.2. The number of hydrogen-bond acceptors (Lipinski definition) is 6. The zero-order chi connectivity index (χ0) is 18.8. The van der Waals surface area contributed by atoms with Crippen LogP contribution in [0.15, 0.2) is 47.1 Å². The number of amides is 2. The van der Waals surface area contributed by atoms with E-state index in [0.717, 1.165) is 0 Å². The maximum atomic E-state index is 13.6. The second kappa shape index (κ2) is 6.83. The maximum Gasteiger partial charge on any atom is 0.319 e. The van der Waals surface area contributed by atoms with E-state index in [4.69, 9.17) is 4.52 Å². The number of aromatic nitrogens is 5. The van der Waals surface area contributed by atoms with Crippen LogP contribution in [0.2, 0.25) is 0 Å². The van der Waals surface area contributed by atoms with Crippen LogP contribution in [-0.4, -0.2) is 30.8 Å². The van der Waals surface area contributed by atoms with Crippen LogP contribution in [0.3, 0.4) is 0 Å². The molecule has 0 atom stereocenters. The van der Waals surface area contributed by atoms with Crippen LogP contribution in [0.1, 0.15) is 11.6 Å². The van der Waals surface area contributed by atoms with E-state index in [-0.39, 0.29) is 12.2 Å². The summed E-state index contributed by atoms with van der Waals surface area (Å²) in [6.07, 6.45) is 1.76. The Hall–Kier alpha value is -3.82. The first-order valence-corrected chi connectivity index (χ1v) is 8.04. The number of carbonyl (C=O) groups is 1. The van der Waals surface area contributed by atoms with Gasteiger partial charge in [-0.2, -0.15) is 4.98 Å². The Morgan fingerprint density at radius 2 is 2.07 bits per heavy atom. The molecule has 0 bridgehead atoms. The van der Waals surface area contributed by atoms with E-state index in [2.05, 4.69) is 31.0 Å². The molecule has 3 aromatic heterocycles. The monoisotopic (exact) mass is 367 g/mol. The number of hydrogen-bond donors (Lipinski definition) is 2. The van der Waals surface area contributed by atoms with Crippen molar-refractivity contribution in [2.24, 2.45) is 0 Å². The summed E-state index contributed by atoms with van der Waals surface area (Å²) < 4.78 is 20.5. The molecule has 0 aliphatic rings. The third kappa shape index (κ3) is 3.32. The van der Waals surface area contributed by atoms with Crippen LogP contribution in [-0.2, 0) is 6.54 Å². The van der Waals surface area contributed by atoms with E-state index < -0.39 is 11.8 Å². The van der Waals surface area contributed by atoms with Gasteiger partial charge in [0.05, 0.1) is 17.8 Å². The molecule has 4 aromatic rings. The highest BCUT2D eigenvalue weighted by atomic mass is 19.1. The summed E-state index contributed by atoms with van der Waals surface area (Å²) in [5.74, 6) is 0.826. The second-order valence-corrected chi connectivity index (χ2v) is 5.67. The van der Waals surface area contributed by atoms with Crippen LogP contribution >= 0.6 is 0 Å². The molecule has 0 unspecified atom stereocenters. The van der Waals surface area contributed by atoms with Gasteiger partial charge in [0.1, 0.15) is 5.82 Å². The number of benzene rings is 1. The quantitative estimate of drug-likeness (QED) is 0.574. The first-order chi connectivity index (χ1) is 13.1. The van der Waals surface area contributed by atoms with Gasteiger partial charge in [0, 0.05) is 6.20 Å². The fourth-order valence-corrected chi connectivity index (χ4v) is 2.55. The number of para-hydroxylation sites is 1. The van der Waals surface area contributed by atoms with Crippen molar-refractivity contribution in [2.45, 2.75) is 13.5 Å². The normalized spacial score (nSPS) is 10.9. The largest absolute Gasteiger partial charge is 0.334 e.